The summed E-state index contributed by atoms with van der Waals surface area (Å²) in [5, 5.41) is 14.8. The van der Waals surface area contributed by atoms with Crippen LogP contribution in [0.25, 0.3) is 22.6 Å². The van der Waals surface area contributed by atoms with E-state index in [-0.39, 0.29) is 6.61 Å². The van der Waals surface area contributed by atoms with E-state index in [1.54, 1.807) is 12.1 Å². The quantitative estimate of drug-likeness (QED) is 0.257. The Kier molecular flexibility index (Phi) is 6.81. The number of aliphatic hydroxyl groups is 1. The molecule has 0 amide bonds. The van der Waals surface area contributed by atoms with Crippen molar-refractivity contribution in [2.75, 3.05) is 11.5 Å². The summed E-state index contributed by atoms with van der Waals surface area (Å²) in [6.07, 6.45) is 3.33. The Labute approximate surface area is 232 Å². The Morgan fingerprint density at radius 3 is 2.67 bits per heavy atom. The fourth-order valence-corrected chi connectivity index (χ4v) is 5.29. The fourth-order valence-electron chi connectivity index (χ4n) is 5.09. The zero-order chi connectivity index (χ0) is 27.3. The van der Waals surface area contributed by atoms with Gasteiger partial charge in [0, 0.05) is 17.0 Å². The molecule has 3 aromatic heterocycles. The summed E-state index contributed by atoms with van der Waals surface area (Å²) in [6.45, 7) is 9.22. The number of hydrogen-bond donors (Lipinski definition) is 1. The third-order valence-corrected chi connectivity index (χ3v) is 7.66. The second-order valence-corrected chi connectivity index (χ2v) is 10.9. The number of aromatic nitrogens is 4. The van der Waals surface area contributed by atoms with Gasteiger partial charge in [0.2, 0.25) is 0 Å². The van der Waals surface area contributed by atoms with Gasteiger partial charge in [-0.15, -0.1) is 0 Å². The van der Waals surface area contributed by atoms with Crippen molar-refractivity contribution in [2.24, 2.45) is 0 Å². The molecule has 9 nitrogen and oxygen atoms in total. The zero-order valence-electron chi connectivity index (χ0n) is 22.6. The Hall–Kier alpha value is -3.43. The predicted octanol–water partition coefficient (Wildman–Crippen LogP) is 6.30. The van der Waals surface area contributed by atoms with Gasteiger partial charge >= 0.3 is 0 Å². The molecule has 4 heterocycles. The topological polar surface area (TPSA) is 111 Å². The van der Waals surface area contributed by atoms with Crippen molar-refractivity contribution in [1.29, 1.82) is 0 Å². The highest BCUT2D eigenvalue weighted by atomic mass is 35.5. The lowest BCUT2D eigenvalue weighted by molar-refractivity contribution is 0.0994. The van der Waals surface area contributed by atoms with Gasteiger partial charge in [0.15, 0.2) is 11.7 Å². The minimum Gasteiger partial charge on any atom is -0.491 e. The van der Waals surface area contributed by atoms with Crippen molar-refractivity contribution in [1.82, 2.24) is 20.1 Å². The van der Waals surface area contributed by atoms with E-state index in [1.165, 1.54) is 0 Å². The monoisotopic (exact) mass is 549 g/mol. The average molecular weight is 550 g/mol. The highest BCUT2D eigenvalue weighted by Crippen LogP contribution is 2.43. The number of halogens is 1. The first kappa shape index (κ1) is 25.8. The third-order valence-electron chi connectivity index (χ3n) is 7.33. The van der Waals surface area contributed by atoms with E-state index in [0.29, 0.717) is 53.3 Å². The summed E-state index contributed by atoms with van der Waals surface area (Å²) >= 11 is 6.69. The van der Waals surface area contributed by atoms with Crippen molar-refractivity contribution in [2.45, 2.75) is 78.5 Å². The molecular formula is C29H32ClN5O4. The van der Waals surface area contributed by atoms with E-state index >= 15 is 0 Å². The summed E-state index contributed by atoms with van der Waals surface area (Å²) in [4.78, 5) is 16.9. The van der Waals surface area contributed by atoms with Crippen molar-refractivity contribution < 1.29 is 18.8 Å². The Bertz CT molecular complexity index is 1480. The number of nitrogens with zero attached hydrogens (tertiary/aromatic N) is 5. The van der Waals surface area contributed by atoms with Gasteiger partial charge in [-0.1, -0.05) is 30.1 Å². The van der Waals surface area contributed by atoms with E-state index in [0.717, 1.165) is 64.9 Å². The number of hydrogen-bond acceptors (Lipinski definition) is 9. The zero-order valence-corrected chi connectivity index (χ0v) is 23.4. The van der Waals surface area contributed by atoms with Gasteiger partial charge in [0.05, 0.1) is 41.2 Å². The maximum Gasteiger partial charge on any atom is 0.197 e. The number of oxazole rings is 1. The second-order valence-electron chi connectivity index (χ2n) is 10.5. The van der Waals surface area contributed by atoms with Crippen LogP contribution in [0.1, 0.15) is 72.9 Å². The summed E-state index contributed by atoms with van der Waals surface area (Å²) in [6, 6.07) is 5.38. The van der Waals surface area contributed by atoms with E-state index < -0.39 is 6.10 Å². The van der Waals surface area contributed by atoms with Crippen LogP contribution in [0.4, 0.5) is 5.82 Å². The van der Waals surface area contributed by atoms with E-state index in [1.807, 2.05) is 33.8 Å². The molecule has 6 rings (SSSR count). The lowest BCUT2D eigenvalue weighted by atomic mass is 10.0. The van der Waals surface area contributed by atoms with Crippen LogP contribution in [0.2, 0.25) is 5.02 Å². The molecule has 0 bridgehead atoms. The van der Waals surface area contributed by atoms with Gasteiger partial charge in [0.1, 0.15) is 35.4 Å². The molecule has 4 aromatic rings. The van der Waals surface area contributed by atoms with Gasteiger partial charge in [0.25, 0.3) is 0 Å². The standard InChI is InChI=1S/C29H32ClN5O4/c1-5-6-19(36)14-37-20-9-10-22(30)21(11-20)27-32-26(25-16(3)34-39-17(25)4)15(2)28(33-27)35-12-23-24(13-35)38-29(31-23)18-7-8-18/h9-11,18-19,36H,5-8,12-14H2,1-4H3/t19-/m1/s1. The molecule has 1 fully saturated rings. The molecule has 1 N–H and O–H groups in total. The Morgan fingerprint density at radius 1 is 1.15 bits per heavy atom. The average Bonchev–Trinajstić information content (AvgIpc) is 3.45. The van der Waals surface area contributed by atoms with Crippen molar-refractivity contribution in [3.05, 3.63) is 57.6 Å². The molecular weight excluding hydrogens is 518 g/mol. The summed E-state index contributed by atoms with van der Waals surface area (Å²) < 4.78 is 17.5. The van der Waals surface area contributed by atoms with E-state index in [2.05, 4.69) is 10.1 Å². The first-order valence-electron chi connectivity index (χ1n) is 13.5. The van der Waals surface area contributed by atoms with Crippen molar-refractivity contribution in [3.8, 4) is 28.4 Å². The third kappa shape index (κ3) is 5.01. The van der Waals surface area contributed by atoms with Crippen LogP contribution in [-0.2, 0) is 13.1 Å². The molecule has 1 aliphatic heterocycles. The molecule has 2 aliphatic rings. The Balaban J connectivity index is 1.40. The van der Waals surface area contributed by atoms with Gasteiger partial charge in [-0.2, -0.15) is 0 Å². The maximum absolute atomic E-state index is 10.1. The normalized spacial score (nSPS) is 15.6. The first-order chi connectivity index (χ1) is 18.8. The molecule has 0 radical (unpaired) electrons. The first-order valence-corrected chi connectivity index (χ1v) is 13.9. The summed E-state index contributed by atoms with van der Waals surface area (Å²) in [7, 11) is 0. The molecule has 1 atom stereocenters. The van der Waals surface area contributed by atoms with E-state index in [4.69, 9.17) is 40.2 Å². The van der Waals surface area contributed by atoms with Crippen LogP contribution >= 0.6 is 11.6 Å². The van der Waals surface area contributed by atoms with Crippen LogP contribution in [-0.4, -0.2) is 37.9 Å². The summed E-state index contributed by atoms with van der Waals surface area (Å²) in [5.74, 6) is 4.75. The van der Waals surface area contributed by atoms with Crippen LogP contribution in [0, 0.1) is 20.8 Å². The number of aryl methyl sites for hydroxylation is 2. The van der Waals surface area contributed by atoms with Crippen LogP contribution in [0.3, 0.4) is 0 Å². The molecule has 1 saturated carbocycles. The molecule has 39 heavy (non-hydrogen) atoms. The van der Waals surface area contributed by atoms with Crippen molar-refractivity contribution in [3.63, 3.8) is 0 Å². The van der Waals surface area contributed by atoms with Gasteiger partial charge < -0.3 is 23.7 Å². The van der Waals surface area contributed by atoms with Crippen LogP contribution in [0.5, 0.6) is 5.75 Å². The highest BCUT2D eigenvalue weighted by Gasteiger charge is 2.34. The van der Waals surface area contributed by atoms with Gasteiger partial charge in [-0.3, -0.25) is 0 Å². The van der Waals surface area contributed by atoms with Gasteiger partial charge in [-0.05, 0) is 58.2 Å². The lowest BCUT2D eigenvalue weighted by Gasteiger charge is -2.21. The minimum atomic E-state index is -0.530. The maximum atomic E-state index is 10.1. The SMILES string of the molecule is CCC[C@@H](O)COc1ccc(Cl)c(-c2nc(-c3c(C)noc3C)c(C)c(N3Cc4nc(C5CC5)oc4C3)n2)c1. The largest absolute Gasteiger partial charge is 0.491 e. The molecule has 10 heteroatoms. The lowest BCUT2D eigenvalue weighted by Crippen LogP contribution is -2.19. The van der Waals surface area contributed by atoms with Crippen LogP contribution in [0.15, 0.2) is 27.1 Å². The Morgan fingerprint density at radius 2 is 1.97 bits per heavy atom. The van der Waals surface area contributed by atoms with E-state index in [9.17, 15) is 5.11 Å². The number of fused-ring (bicyclic) bond motifs is 1. The van der Waals surface area contributed by atoms with Crippen molar-refractivity contribution >= 4 is 17.4 Å². The predicted molar refractivity (Wildman–Crippen MR) is 147 cm³/mol. The molecule has 1 aromatic carbocycles. The molecule has 204 valence electrons. The molecule has 0 spiro atoms. The van der Waals surface area contributed by atoms with Crippen LogP contribution < -0.4 is 9.64 Å². The smallest absolute Gasteiger partial charge is 0.197 e. The number of aliphatic hydroxyl groups excluding tert-OH is 1. The molecule has 0 saturated heterocycles. The fraction of sp³-hybridized carbons (Fsp3) is 0.448. The summed E-state index contributed by atoms with van der Waals surface area (Å²) in [5.41, 5.74) is 4.85. The number of benzene rings is 1. The highest BCUT2D eigenvalue weighted by molar-refractivity contribution is 6.33. The molecule has 1 aliphatic carbocycles. The van der Waals surface area contributed by atoms with Gasteiger partial charge in [-0.25, -0.2) is 15.0 Å². The number of anilines is 1. The number of ether oxygens (including phenoxy) is 1. The molecule has 0 unspecified atom stereocenters. The number of rotatable bonds is 9. The minimum absolute atomic E-state index is 0.202. The second kappa shape index (κ2) is 10.3.